The second-order valence-corrected chi connectivity index (χ2v) is 8.56. The van der Waals surface area contributed by atoms with Gasteiger partial charge in [0.2, 0.25) is 11.7 Å². The quantitative estimate of drug-likeness (QED) is 0.370. The summed E-state index contributed by atoms with van der Waals surface area (Å²) in [4.78, 5) is 37.2. The number of hydrogen-bond acceptors (Lipinski definition) is 6. The summed E-state index contributed by atoms with van der Waals surface area (Å²) >= 11 is 6.06. The van der Waals surface area contributed by atoms with Crippen molar-refractivity contribution in [2.75, 3.05) is 12.4 Å². The third kappa shape index (κ3) is 6.59. The van der Waals surface area contributed by atoms with Crippen molar-refractivity contribution in [3.8, 4) is 0 Å². The first kappa shape index (κ1) is 20.7. The Morgan fingerprint density at radius 3 is 2.69 bits per heavy atom. The summed E-state index contributed by atoms with van der Waals surface area (Å²) in [6.07, 6.45) is 0. The van der Waals surface area contributed by atoms with E-state index in [1.54, 1.807) is 12.1 Å². The Morgan fingerprint density at radius 1 is 1.23 bits per heavy atom. The lowest BCUT2D eigenvalue weighted by atomic mass is 10.2. The van der Waals surface area contributed by atoms with Gasteiger partial charge in [-0.05, 0) is 42.8 Å². The molecule has 138 valence electrons. The molecule has 0 unspecified atom stereocenters. The predicted octanol–water partition coefficient (Wildman–Crippen LogP) is 3.97. The number of esters is 1. The highest BCUT2D eigenvalue weighted by atomic mass is 79.9. The topological polar surface area (TPSA) is 72.5 Å². The van der Waals surface area contributed by atoms with Gasteiger partial charge in [-0.15, -0.1) is 23.1 Å². The van der Waals surface area contributed by atoms with Crippen LogP contribution in [0, 0.1) is 6.92 Å². The summed E-state index contributed by atoms with van der Waals surface area (Å²) in [5, 5.41) is 2.67. The van der Waals surface area contributed by atoms with Crippen molar-refractivity contribution in [3.05, 3.63) is 50.1 Å². The number of Topliss-reactive ketones (excluding diaryl/α,β-unsaturated/α-hetero) is 1. The Hall–Kier alpha value is -1.64. The second-order valence-electron chi connectivity index (χ2n) is 5.46. The largest absolute Gasteiger partial charge is 0.457 e. The van der Waals surface area contributed by atoms with Gasteiger partial charge in [0, 0.05) is 21.2 Å². The molecule has 1 aromatic heterocycles. The van der Waals surface area contributed by atoms with Gasteiger partial charge in [0.15, 0.2) is 6.61 Å². The minimum Gasteiger partial charge on any atom is -0.457 e. The molecule has 0 atom stereocenters. The van der Waals surface area contributed by atoms with Gasteiger partial charge in [-0.1, -0.05) is 15.9 Å². The predicted molar refractivity (Wildman–Crippen MR) is 107 cm³/mol. The van der Waals surface area contributed by atoms with Crippen molar-refractivity contribution in [1.82, 2.24) is 5.32 Å². The zero-order chi connectivity index (χ0) is 19.1. The summed E-state index contributed by atoms with van der Waals surface area (Å²) in [5.74, 6) is -0.657. The van der Waals surface area contributed by atoms with Gasteiger partial charge >= 0.3 is 5.97 Å². The fourth-order valence-corrected chi connectivity index (χ4v) is 4.16. The van der Waals surface area contributed by atoms with E-state index in [0.717, 1.165) is 19.8 Å². The first-order chi connectivity index (χ1) is 12.3. The smallest absolute Gasteiger partial charge is 0.316 e. The fraction of sp³-hybridized carbons (Fsp3) is 0.278. The molecule has 0 saturated heterocycles. The summed E-state index contributed by atoms with van der Waals surface area (Å²) < 4.78 is 6.06. The van der Waals surface area contributed by atoms with Crippen molar-refractivity contribution in [2.24, 2.45) is 0 Å². The number of amides is 1. The number of aryl methyl sites for hydroxylation is 1. The normalized spacial score (nSPS) is 10.4. The van der Waals surface area contributed by atoms with E-state index in [4.69, 9.17) is 4.74 Å². The summed E-state index contributed by atoms with van der Waals surface area (Å²) in [6.45, 7) is 3.51. The minimum atomic E-state index is -0.430. The van der Waals surface area contributed by atoms with Crippen molar-refractivity contribution >= 4 is 56.7 Å². The van der Waals surface area contributed by atoms with E-state index in [1.165, 1.54) is 30.0 Å². The molecule has 1 aromatic carbocycles. The summed E-state index contributed by atoms with van der Waals surface area (Å²) in [5.41, 5.74) is 1.07. The maximum atomic E-state index is 12.1. The second kappa shape index (κ2) is 9.89. The number of thioether (sulfide) groups is 1. The van der Waals surface area contributed by atoms with E-state index in [1.807, 2.05) is 25.1 Å². The van der Waals surface area contributed by atoms with E-state index >= 15 is 0 Å². The lowest BCUT2D eigenvalue weighted by Gasteiger charge is -2.06. The molecular weight excluding hydrogens is 438 g/mol. The number of thiophene rings is 1. The van der Waals surface area contributed by atoms with Crippen molar-refractivity contribution in [2.45, 2.75) is 25.3 Å². The number of benzene rings is 1. The van der Waals surface area contributed by atoms with Gasteiger partial charge in [-0.3, -0.25) is 14.4 Å². The van der Waals surface area contributed by atoms with Crippen LogP contribution in [0.4, 0.5) is 0 Å². The van der Waals surface area contributed by atoms with Gasteiger partial charge in [0.1, 0.15) is 0 Å². The molecule has 1 heterocycles. The molecular formula is C18H18BrNO4S2. The first-order valence-electron chi connectivity index (χ1n) is 7.76. The number of ketones is 1. The lowest BCUT2D eigenvalue weighted by molar-refractivity contribution is -0.139. The number of ether oxygens (including phenoxy) is 1. The molecule has 1 N–H and O–H groups in total. The third-order valence-electron chi connectivity index (χ3n) is 3.29. The number of halogens is 1. The average Bonchev–Trinajstić information content (AvgIpc) is 3.06. The molecule has 0 aliphatic carbocycles. The molecule has 0 aliphatic rings. The van der Waals surface area contributed by atoms with Crippen LogP contribution in [-0.4, -0.2) is 30.0 Å². The molecule has 2 rings (SSSR count). The lowest BCUT2D eigenvalue weighted by Crippen LogP contribution is -2.18. The van der Waals surface area contributed by atoms with Crippen LogP contribution in [0.3, 0.4) is 0 Å². The Morgan fingerprint density at radius 2 is 2.00 bits per heavy atom. The summed E-state index contributed by atoms with van der Waals surface area (Å²) in [7, 11) is 0. The van der Waals surface area contributed by atoms with Gasteiger partial charge in [-0.25, -0.2) is 0 Å². The van der Waals surface area contributed by atoms with E-state index in [-0.39, 0.29) is 24.1 Å². The molecule has 26 heavy (non-hydrogen) atoms. The van der Waals surface area contributed by atoms with Crippen LogP contribution in [0.1, 0.15) is 27.0 Å². The van der Waals surface area contributed by atoms with E-state index in [9.17, 15) is 14.4 Å². The zero-order valence-electron chi connectivity index (χ0n) is 14.3. The molecule has 5 nitrogen and oxygen atoms in total. The Kier molecular flexibility index (Phi) is 7.86. The number of hydrogen-bond donors (Lipinski definition) is 1. The Bertz CT molecular complexity index is 819. The first-order valence-corrected chi connectivity index (χ1v) is 10.4. The van der Waals surface area contributed by atoms with Crippen LogP contribution in [-0.2, 0) is 20.9 Å². The zero-order valence-corrected chi connectivity index (χ0v) is 17.6. The Labute approximate surface area is 168 Å². The SMILES string of the molecule is CC(=O)NCc1ccc(C(=O)COC(=O)CSc2ccc(Br)cc2C)s1. The van der Waals surface area contributed by atoms with E-state index < -0.39 is 5.97 Å². The van der Waals surface area contributed by atoms with Crippen LogP contribution in [0.15, 0.2) is 39.7 Å². The number of rotatable bonds is 8. The van der Waals surface area contributed by atoms with Crippen molar-refractivity contribution in [3.63, 3.8) is 0 Å². The van der Waals surface area contributed by atoms with Crippen LogP contribution in [0.2, 0.25) is 0 Å². The van der Waals surface area contributed by atoms with E-state index in [2.05, 4.69) is 21.2 Å². The van der Waals surface area contributed by atoms with Crippen LogP contribution >= 0.6 is 39.0 Å². The standard InChI is InChI=1S/C18H18BrNO4S2/c1-11-7-13(19)3-5-16(11)25-10-18(23)24-9-15(22)17-6-4-14(26-17)8-20-12(2)21/h3-7H,8-10H2,1-2H3,(H,20,21). The maximum Gasteiger partial charge on any atom is 0.316 e. The third-order valence-corrected chi connectivity index (χ3v) is 6.06. The molecule has 0 spiro atoms. The maximum absolute atomic E-state index is 12.1. The molecule has 0 aliphatic heterocycles. The molecule has 8 heteroatoms. The van der Waals surface area contributed by atoms with Gasteiger partial charge in [-0.2, -0.15) is 0 Å². The van der Waals surface area contributed by atoms with Crippen LogP contribution in [0.25, 0.3) is 0 Å². The van der Waals surface area contributed by atoms with Crippen LogP contribution < -0.4 is 5.32 Å². The monoisotopic (exact) mass is 455 g/mol. The highest BCUT2D eigenvalue weighted by Gasteiger charge is 2.13. The number of nitrogens with one attached hydrogen (secondary N) is 1. The minimum absolute atomic E-state index is 0.126. The van der Waals surface area contributed by atoms with Crippen LogP contribution in [0.5, 0.6) is 0 Å². The summed E-state index contributed by atoms with van der Waals surface area (Å²) in [6, 6.07) is 9.29. The number of carbonyl (C=O) groups is 3. The molecule has 0 radical (unpaired) electrons. The highest BCUT2D eigenvalue weighted by Crippen LogP contribution is 2.25. The van der Waals surface area contributed by atoms with Gasteiger partial charge in [0.05, 0.1) is 17.2 Å². The fourth-order valence-electron chi connectivity index (χ4n) is 2.00. The van der Waals surface area contributed by atoms with Crippen molar-refractivity contribution < 1.29 is 19.1 Å². The Balaban J connectivity index is 1.77. The molecule has 0 saturated carbocycles. The highest BCUT2D eigenvalue weighted by molar-refractivity contribution is 9.10. The molecule has 1 amide bonds. The molecule has 0 fully saturated rings. The van der Waals surface area contributed by atoms with Gasteiger partial charge in [0.25, 0.3) is 0 Å². The van der Waals surface area contributed by atoms with Crippen molar-refractivity contribution in [1.29, 1.82) is 0 Å². The van der Waals surface area contributed by atoms with Gasteiger partial charge < -0.3 is 10.1 Å². The average molecular weight is 456 g/mol. The molecule has 0 bridgehead atoms. The number of carbonyl (C=O) groups excluding carboxylic acids is 3. The molecule has 2 aromatic rings. The van der Waals surface area contributed by atoms with E-state index in [0.29, 0.717) is 11.4 Å².